The van der Waals surface area contributed by atoms with Crippen LogP contribution in [0.2, 0.25) is 0 Å². The van der Waals surface area contributed by atoms with E-state index in [0.717, 1.165) is 6.54 Å². The van der Waals surface area contributed by atoms with Crippen molar-refractivity contribution >= 4 is 11.5 Å². The summed E-state index contributed by atoms with van der Waals surface area (Å²) in [6.45, 7) is 1.45. The fraction of sp³-hybridized carbons (Fsp3) is 0.625. The van der Waals surface area contributed by atoms with Crippen molar-refractivity contribution in [2.75, 3.05) is 25.5 Å². The van der Waals surface area contributed by atoms with Gasteiger partial charge in [-0.2, -0.15) is 0 Å². The summed E-state index contributed by atoms with van der Waals surface area (Å²) in [7, 11) is 1.62. The van der Waals surface area contributed by atoms with Gasteiger partial charge in [-0.15, -0.1) is 5.10 Å². The van der Waals surface area contributed by atoms with E-state index in [4.69, 9.17) is 4.74 Å². The molecular formula is C8H13N5O3. The normalized spacial score (nSPS) is 24.6. The largest absolute Gasteiger partial charge is 0.378 e. The Morgan fingerprint density at radius 2 is 2.50 bits per heavy atom. The summed E-state index contributed by atoms with van der Waals surface area (Å²) >= 11 is 0. The lowest BCUT2D eigenvalue weighted by molar-refractivity contribution is -0.388. The van der Waals surface area contributed by atoms with E-state index in [9.17, 15) is 10.1 Å². The van der Waals surface area contributed by atoms with Gasteiger partial charge in [0.1, 0.15) is 6.20 Å². The molecule has 3 N–H and O–H groups in total. The average Bonchev–Trinajstić information content (AvgIpc) is 2.86. The van der Waals surface area contributed by atoms with E-state index >= 15 is 0 Å². The number of aromatic amines is 1. The minimum Gasteiger partial charge on any atom is -0.378 e. The Labute approximate surface area is 91.5 Å². The lowest BCUT2D eigenvalue weighted by atomic mass is 10.2. The van der Waals surface area contributed by atoms with E-state index in [-0.39, 0.29) is 18.0 Å². The third-order valence-corrected chi connectivity index (χ3v) is 2.60. The first-order chi connectivity index (χ1) is 7.72. The van der Waals surface area contributed by atoms with Crippen molar-refractivity contribution in [3.05, 3.63) is 16.3 Å². The summed E-state index contributed by atoms with van der Waals surface area (Å²) in [5, 5.41) is 22.8. The van der Waals surface area contributed by atoms with E-state index in [1.165, 1.54) is 6.20 Å². The van der Waals surface area contributed by atoms with Gasteiger partial charge in [0.15, 0.2) is 5.69 Å². The molecule has 1 aromatic rings. The van der Waals surface area contributed by atoms with E-state index in [0.29, 0.717) is 12.2 Å². The molecule has 0 aromatic carbocycles. The Kier molecular flexibility index (Phi) is 3.02. The lowest BCUT2D eigenvalue weighted by Crippen LogP contribution is -2.33. The number of methoxy groups -OCH3 is 1. The van der Waals surface area contributed by atoms with Crippen LogP contribution in [0.4, 0.5) is 11.5 Å². The maximum absolute atomic E-state index is 10.7. The first-order valence-corrected chi connectivity index (χ1v) is 4.90. The summed E-state index contributed by atoms with van der Waals surface area (Å²) in [6.07, 6.45) is 1.41. The van der Waals surface area contributed by atoms with Crippen molar-refractivity contribution in [2.45, 2.75) is 12.1 Å². The van der Waals surface area contributed by atoms with Crippen molar-refractivity contribution in [3.63, 3.8) is 0 Å². The molecule has 0 spiro atoms. The second-order valence-corrected chi connectivity index (χ2v) is 3.57. The van der Waals surface area contributed by atoms with Gasteiger partial charge in [0.05, 0.1) is 12.1 Å². The molecule has 88 valence electrons. The first kappa shape index (κ1) is 10.8. The molecule has 2 heterocycles. The number of nitrogens with one attached hydrogen (secondary N) is 3. The molecule has 0 amide bonds. The molecule has 2 atom stereocenters. The molecule has 2 rings (SSSR count). The summed E-state index contributed by atoms with van der Waals surface area (Å²) < 4.78 is 5.25. The monoisotopic (exact) mass is 227 g/mol. The van der Waals surface area contributed by atoms with Gasteiger partial charge in [-0.1, -0.05) is 5.10 Å². The van der Waals surface area contributed by atoms with Crippen molar-refractivity contribution < 1.29 is 9.66 Å². The molecule has 1 fully saturated rings. The standard InChI is InChI=1S/C8H13N5O3/c1-16-7-4-9-2-5(7)11-6-3-10-12-8(6)13(14)15/h3,5,7,9,11H,2,4H2,1H3,(H,10,12). The number of rotatable bonds is 4. The van der Waals surface area contributed by atoms with Gasteiger partial charge >= 0.3 is 5.82 Å². The second kappa shape index (κ2) is 4.45. The molecule has 1 aromatic heterocycles. The quantitative estimate of drug-likeness (QED) is 0.482. The van der Waals surface area contributed by atoms with Crippen LogP contribution in [0, 0.1) is 10.1 Å². The molecule has 0 aliphatic carbocycles. The molecule has 1 saturated heterocycles. The van der Waals surface area contributed by atoms with E-state index in [1.54, 1.807) is 7.11 Å². The van der Waals surface area contributed by atoms with Crippen molar-refractivity contribution in [1.29, 1.82) is 0 Å². The predicted molar refractivity (Wildman–Crippen MR) is 56.3 cm³/mol. The van der Waals surface area contributed by atoms with Gasteiger partial charge in [0.2, 0.25) is 0 Å². The number of H-pyrrole nitrogens is 1. The van der Waals surface area contributed by atoms with Gasteiger partial charge in [-0.05, 0) is 4.92 Å². The van der Waals surface area contributed by atoms with Crippen LogP contribution in [0.5, 0.6) is 0 Å². The zero-order chi connectivity index (χ0) is 11.5. The topological polar surface area (TPSA) is 105 Å². The summed E-state index contributed by atoms with van der Waals surface area (Å²) in [6, 6.07) is 0.0151. The highest BCUT2D eigenvalue weighted by Gasteiger charge is 2.29. The van der Waals surface area contributed by atoms with E-state index in [1.807, 2.05) is 0 Å². The Morgan fingerprint density at radius 1 is 1.69 bits per heavy atom. The number of anilines is 1. The maximum atomic E-state index is 10.7. The lowest BCUT2D eigenvalue weighted by Gasteiger charge is -2.18. The Bertz CT molecular complexity index is 380. The number of aromatic nitrogens is 2. The number of nitrogens with zero attached hydrogens (tertiary/aromatic N) is 2. The summed E-state index contributed by atoms with van der Waals surface area (Å²) in [5.74, 6) is -0.123. The minimum atomic E-state index is -0.500. The molecular weight excluding hydrogens is 214 g/mol. The molecule has 0 bridgehead atoms. The highest BCUT2D eigenvalue weighted by molar-refractivity contribution is 5.56. The van der Waals surface area contributed by atoms with Crippen LogP contribution in [-0.2, 0) is 4.74 Å². The van der Waals surface area contributed by atoms with Crippen LogP contribution >= 0.6 is 0 Å². The van der Waals surface area contributed by atoms with Gasteiger partial charge in [-0.25, -0.2) is 0 Å². The van der Waals surface area contributed by atoms with Crippen LogP contribution in [-0.4, -0.2) is 47.5 Å². The van der Waals surface area contributed by atoms with Crippen molar-refractivity contribution in [1.82, 2.24) is 15.5 Å². The van der Waals surface area contributed by atoms with E-state index in [2.05, 4.69) is 20.8 Å². The molecule has 8 nitrogen and oxygen atoms in total. The van der Waals surface area contributed by atoms with Gasteiger partial charge in [0.25, 0.3) is 0 Å². The third kappa shape index (κ3) is 1.97. The van der Waals surface area contributed by atoms with Crippen LogP contribution < -0.4 is 10.6 Å². The molecule has 0 radical (unpaired) electrons. The Hall–Kier alpha value is -1.67. The fourth-order valence-corrected chi connectivity index (χ4v) is 1.77. The predicted octanol–water partition coefficient (Wildman–Crippen LogP) is -0.283. The molecule has 1 aliphatic rings. The van der Waals surface area contributed by atoms with Crippen LogP contribution in [0.1, 0.15) is 0 Å². The first-order valence-electron chi connectivity index (χ1n) is 4.90. The fourth-order valence-electron chi connectivity index (χ4n) is 1.77. The van der Waals surface area contributed by atoms with Crippen LogP contribution in [0.3, 0.4) is 0 Å². The molecule has 2 unspecified atom stereocenters. The third-order valence-electron chi connectivity index (χ3n) is 2.60. The zero-order valence-corrected chi connectivity index (χ0v) is 8.77. The number of hydrogen-bond acceptors (Lipinski definition) is 6. The summed E-state index contributed by atoms with van der Waals surface area (Å²) in [4.78, 5) is 10.2. The van der Waals surface area contributed by atoms with Crippen LogP contribution in [0.15, 0.2) is 6.20 Å². The van der Waals surface area contributed by atoms with Gasteiger partial charge in [0, 0.05) is 20.2 Å². The Morgan fingerprint density at radius 3 is 3.19 bits per heavy atom. The van der Waals surface area contributed by atoms with Crippen molar-refractivity contribution in [2.24, 2.45) is 0 Å². The molecule has 0 saturated carbocycles. The molecule has 16 heavy (non-hydrogen) atoms. The molecule has 1 aliphatic heterocycles. The highest BCUT2D eigenvalue weighted by Crippen LogP contribution is 2.22. The SMILES string of the molecule is COC1CNCC1Nc1cn[nH]c1[N+](=O)[O-]. The highest BCUT2D eigenvalue weighted by atomic mass is 16.6. The summed E-state index contributed by atoms with van der Waals surface area (Å²) in [5.41, 5.74) is 0.390. The maximum Gasteiger partial charge on any atom is 0.366 e. The number of hydrogen-bond donors (Lipinski definition) is 3. The Balaban J connectivity index is 2.08. The zero-order valence-electron chi connectivity index (χ0n) is 8.77. The molecule has 8 heteroatoms. The van der Waals surface area contributed by atoms with Crippen LogP contribution in [0.25, 0.3) is 0 Å². The average molecular weight is 227 g/mol. The number of ether oxygens (including phenoxy) is 1. The minimum absolute atomic E-state index is 0.00880. The second-order valence-electron chi connectivity index (χ2n) is 3.57. The van der Waals surface area contributed by atoms with Crippen molar-refractivity contribution in [3.8, 4) is 0 Å². The van der Waals surface area contributed by atoms with E-state index < -0.39 is 4.92 Å². The van der Waals surface area contributed by atoms with Gasteiger partial charge < -0.3 is 25.5 Å². The number of nitro groups is 1. The smallest absolute Gasteiger partial charge is 0.366 e. The van der Waals surface area contributed by atoms with Gasteiger partial charge in [-0.3, -0.25) is 0 Å².